The van der Waals surface area contributed by atoms with Crippen molar-refractivity contribution in [3.05, 3.63) is 48.2 Å². The molecule has 3 nitrogen and oxygen atoms in total. The molecule has 0 fully saturated rings. The second-order valence-corrected chi connectivity index (χ2v) is 5.89. The van der Waals surface area contributed by atoms with Gasteiger partial charge in [0.05, 0.1) is 12.1 Å². The first-order chi connectivity index (χ1) is 10.1. The van der Waals surface area contributed by atoms with E-state index in [-0.39, 0.29) is 12.1 Å². The molecular weight excluding hydrogens is 262 g/mol. The molecule has 0 aliphatic rings. The third kappa shape index (κ3) is 4.73. The predicted octanol–water partition coefficient (Wildman–Crippen LogP) is 4.00. The summed E-state index contributed by atoms with van der Waals surface area (Å²) in [5.41, 5.74) is 1.10. The largest absolute Gasteiger partial charge is 0.459 e. The van der Waals surface area contributed by atoms with Gasteiger partial charge in [0.15, 0.2) is 0 Å². The smallest absolute Gasteiger partial charge is 0.134 e. The zero-order valence-electron chi connectivity index (χ0n) is 13.0. The van der Waals surface area contributed by atoms with Crippen LogP contribution in [0.3, 0.4) is 0 Å². The minimum absolute atomic E-state index is 0.166. The summed E-state index contributed by atoms with van der Waals surface area (Å²) in [6.45, 7) is 6.94. The standard InChI is InChI=1S/C18H25NO2/c1-13(11-14(2)20)12-19-15(3)17-9-10-18(21-17)16-7-5-4-6-8-16/h4-10,13-15,19-20H,11-12H2,1-3H3. The molecule has 1 heterocycles. The van der Waals surface area contributed by atoms with E-state index in [1.165, 1.54) is 0 Å². The number of hydrogen-bond donors (Lipinski definition) is 2. The zero-order chi connectivity index (χ0) is 15.2. The molecule has 114 valence electrons. The topological polar surface area (TPSA) is 45.4 Å². The quantitative estimate of drug-likeness (QED) is 0.809. The van der Waals surface area contributed by atoms with Gasteiger partial charge in [-0.25, -0.2) is 0 Å². The Kier molecular flexibility index (Phi) is 5.59. The average Bonchev–Trinajstić information content (AvgIpc) is 2.95. The van der Waals surface area contributed by atoms with Gasteiger partial charge in [0.2, 0.25) is 0 Å². The predicted molar refractivity (Wildman–Crippen MR) is 86.0 cm³/mol. The van der Waals surface area contributed by atoms with Crippen LogP contribution in [0.15, 0.2) is 46.9 Å². The van der Waals surface area contributed by atoms with E-state index in [4.69, 9.17) is 4.42 Å². The summed E-state index contributed by atoms with van der Waals surface area (Å²) in [5.74, 6) is 2.28. The highest BCUT2D eigenvalue weighted by atomic mass is 16.3. The van der Waals surface area contributed by atoms with Gasteiger partial charge < -0.3 is 14.8 Å². The Morgan fingerprint density at radius 2 is 1.76 bits per heavy atom. The number of benzene rings is 1. The van der Waals surface area contributed by atoms with Crippen molar-refractivity contribution in [2.45, 2.75) is 39.3 Å². The molecule has 3 unspecified atom stereocenters. The molecular formula is C18H25NO2. The first-order valence-electron chi connectivity index (χ1n) is 7.63. The SMILES string of the molecule is CC(O)CC(C)CNC(C)c1ccc(-c2ccccc2)o1. The molecule has 2 N–H and O–H groups in total. The molecule has 0 aliphatic carbocycles. The lowest BCUT2D eigenvalue weighted by Crippen LogP contribution is -2.25. The van der Waals surface area contributed by atoms with E-state index in [0.717, 1.165) is 30.0 Å². The summed E-state index contributed by atoms with van der Waals surface area (Å²) in [6, 6.07) is 14.3. The molecule has 3 heteroatoms. The Bertz CT molecular complexity index is 533. The van der Waals surface area contributed by atoms with Crippen LogP contribution in [0.1, 0.15) is 39.0 Å². The molecule has 1 aromatic heterocycles. The van der Waals surface area contributed by atoms with E-state index in [1.807, 2.05) is 49.4 Å². The molecule has 0 amide bonds. The van der Waals surface area contributed by atoms with Gasteiger partial charge in [0, 0.05) is 5.56 Å². The van der Waals surface area contributed by atoms with Gasteiger partial charge in [-0.2, -0.15) is 0 Å². The molecule has 0 spiro atoms. The van der Waals surface area contributed by atoms with E-state index >= 15 is 0 Å². The maximum absolute atomic E-state index is 9.39. The second kappa shape index (κ2) is 7.43. The molecule has 0 saturated heterocycles. The van der Waals surface area contributed by atoms with E-state index in [0.29, 0.717) is 5.92 Å². The van der Waals surface area contributed by atoms with Crippen molar-refractivity contribution >= 4 is 0 Å². The Labute approximate surface area is 127 Å². The third-order valence-corrected chi connectivity index (χ3v) is 3.63. The van der Waals surface area contributed by atoms with Gasteiger partial charge in [-0.3, -0.25) is 0 Å². The van der Waals surface area contributed by atoms with Crippen LogP contribution in [-0.2, 0) is 0 Å². The number of rotatable bonds is 7. The summed E-state index contributed by atoms with van der Waals surface area (Å²) in [4.78, 5) is 0. The van der Waals surface area contributed by atoms with Crippen LogP contribution in [0.25, 0.3) is 11.3 Å². The number of hydrogen-bond acceptors (Lipinski definition) is 3. The number of nitrogens with one attached hydrogen (secondary N) is 1. The lowest BCUT2D eigenvalue weighted by atomic mass is 10.0. The van der Waals surface area contributed by atoms with Crippen LogP contribution in [0.5, 0.6) is 0 Å². The van der Waals surface area contributed by atoms with Gasteiger partial charge in [0.1, 0.15) is 11.5 Å². The molecule has 2 rings (SSSR count). The summed E-state index contributed by atoms with van der Waals surface area (Å²) < 4.78 is 5.93. The highest BCUT2D eigenvalue weighted by Gasteiger charge is 2.13. The van der Waals surface area contributed by atoms with Gasteiger partial charge in [0.25, 0.3) is 0 Å². The highest BCUT2D eigenvalue weighted by Crippen LogP contribution is 2.25. The molecule has 21 heavy (non-hydrogen) atoms. The fourth-order valence-electron chi connectivity index (χ4n) is 2.49. The van der Waals surface area contributed by atoms with E-state index in [9.17, 15) is 5.11 Å². The molecule has 0 aliphatic heterocycles. The van der Waals surface area contributed by atoms with Crippen molar-refractivity contribution in [3.63, 3.8) is 0 Å². The van der Waals surface area contributed by atoms with Crippen LogP contribution in [-0.4, -0.2) is 17.8 Å². The normalized spacial score (nSPS) is 15.6. The maximum Gasteiger partial charge on any atom is 0.134 e. The number of aliphatic hydroxyl groups excluding tert-OH is 1. The van der Waals surface area contributed by atoms with Gasteiger partial charge in [-0.15, -0.1) is 0 Å². The van der Waals surface area contributed by atoms with Crippen LogP contribution < -0.4 is 5.32 Å². The molecule has 0 saturated carbocycles. The minimum atomic E-state index is -0.245. The van der Waals surface area contributed by atoms with Crippen molar-refractivity contribution in [1.29, 1.82) is 0 Å². The van der Waals surface area contributed by atoms with Crippen molar-refractivity contribution in [2.75, 3.05) is 6.54 Å². The highest BCUT2D eigenvalue weighted by molar-refractivity contribution is 5.57. The van der Waals surface area contributed by atoms with E-state index in [2.05, 4.69) is 19.2 Å². The van der Waals surface area contributed by atoms with Crippen molar-refractivity contribution in [2.24, 2.45) is 5.92 Å². The third-order valence-electron chi connectivity index (χ3n) is 3.63. The van der Waals surface area contributed by atoms with Crippen molar-refractivity contribution in [3.8, 4) is 11.3 Å². The second-order valence-electron chi connectivity index (χ2n) is 5.89. The summed E-state index contributed by atoms with van der Waals surface area (Å²) >= 11 is 0. The lowest BCUT2D eigenvalue weighted by molar-refractivity contribution is 0.162. The number of furan rings is 1. The number of aliphatic hydroxyl groups is 1. The summed E-state index contributed by atoms with van der Waals surface area (Å²) in [6.07, 6.45) is 0.568. The van der Waals surface area contributed by atoms with Crippen LogP contribution in [0.4, 0.5) is 0 Å². The minimum Gasteiger partial charge on any atom is -0.459 e. The average molecular weight is 287 g/mol. The summed E-state index contributed by atoms with van der Waals surface area (Å²) in [5, 5.41) is 12.9. The molecule has 1 aromatic carbocycles. The molecule has 2 aromatic rings. The van der Waals surface area contributed by atoms with E-state index in [1.54, 1.807) is 0 Å². The van der Waals surface area contributed by atoms with Gasteiger partial charge >= 0.3 is 0 Å². The Hall–Kier alpha value is -1.58. The molecule has 3 atom stereocenters. The fraction of sp³-hybridized carbons (Fsp3) is 0.444. The van der Waals surface area contributed by atoms with Crippen LogP contribution >= 0.6 is 0 Å². The first kappa shape index (κ1) is 15.8. The van der Waals surface area contributed by atoms with Gasteiger partial charge in [-0.1, -0.05) is 37.3 Å². The zero-order valence-corrected chi connectivity index (χ0v) is 13.0. The fourth-order valence-corrected chi connectivity index (χ4v) is 2.49. The van der Waals surface area contributed by atoms with Crippen molar-refractivity contribution < 1.29 is 9.52 Å². The van der Waals surface area contributed by atoms with Gasteiger partial charge in [-0.05, 0) is 44.9 Å². The Morgan fingerprint density at radius 1 is 1.05 bits per heavy atom. The molecule has 0 radical (unpaired) electrons. The van der Waals surface area contributed by atoms with E-state index < -0.39 is 0 Å². The van der Waals surface area contributed by atoms with Crippen LogP contribution in [0, 0.1) is 5.92 Å². The monoisotopic (exact) mass is 287 g/mol. The first-order valence-corrected chi connectivity index (χ1v) is 7.63. The summed E-state index contributed by atoms with van der Waals surface area (Å²) in [7, 11) is 0. The molecule has 0 bridgehead atoms. The van der Waals surface area contributed by atoms with Crippen molar-refractivity contribution in [1.82, 2.24) is 5.32 Å². The maximum atomic E-state index is 9.39. The Balaban J connectivity index is 1.92. The lowest BCUT2D eigenvalue weighted by Gasteiger charge is -2.17. The van der Waals surface area contributed by atoms with Crippen LogP contribution in [0.2, 0.25) is 0 Å². The Morgan fingerprint density at radius 3 is 2.43 bits per heavy atom.